The lowest BCUT2D eigenvalue weighted by molar-refractivity contribution is -0.135. The first kappa shape index (κ1) is 13.4. The Labute approximate surface area is 116 Å². The first-order valence-corrected chi connectivity index (χ1v) is 8.09. The molecule has 4 fully saturated rings. The second-order valence-electron chi connectivity index (χ2n) is 7.66. The minimum Gasteiger partial charge on any atom is -0.338 e. The highest BCUT2D eigenvalue weighted by molar-refractivity contribution is 5.82. The lowest BCUT2D eigenvalue weighted by atomic mass is 9.68. The first-order valence-electron chi connectivity index (χ1n) is 8.09. The maximum Gasteiger partial charge on any atom is 0.239 e. The van der Waals surface area contributed by atoms with Crippen LogP contribution in [0.4, 0.5) is 0 Å². The zero-order valence-corrected chi connectivity index (χ0v) is 12.3. The average Bonchev–Trinajstić information content (AvgIpc) is 2.51. The molecule has 3 nitrogen and oxygen atoms in total. The molecule has 4 aliphatic rings. The van der Waals surface area contributed by atoms with Crippen LogP contribution in [0.2, 0.25) is 0 Å². The van der Waals surface area contributed by atoms with E-state index in [1.807, 2.05) is 0 Å². The third kappa shape index (κ3) is 2.67. The van der Waals surface area contributed by atoms with E-state index >= 15 is 0 Å². The van der Waals surface area contributed by atoms with E-state index in [1.54, 1.807) is 0 Å². The minimum absolute atomic E-state index is 0.229. The van der Waals surface area contributed by atoms with Crippen molar-refractivity contribution in [3.63, 3.8) is 0 Å². The Kier molecular flexibility index (Phi) is 3.59. The van der Waals surface area contributed by atoms with E-state index < -0.39 is 0 Å². The van der Waals surface area contributed by atoms with E-state index in [0.717, 1.165) is 30.7 Å². The van der Waals surface area contributed by atoms with Crippen LogP contribution < -0.4 is 5.73 Å². The van der Waals surface area contributed by atoms with E-state index in [4.69, 9.17) is 5.73 Å². The number of amides is 1. The molecule has 2 aliphatic carbocycles. The maximum atomic E-state index is 12.7. The van der Waals surface area contributed by atoms with Gasteiger partial charge in [0.1, 0.15) is 0 Å². The summed E-state index contributed by atoms with van der Waals surface area (Å²) in [5.74, 6) is 3.26. The van der Waals surface area contributed by atoms with Gasteiger partial charge in [-0.05, 0) is 62.2 Å². The van der Waals surface area contributed by atoms with Gasteiger partial charge in [0, 0.05) is 12.6 Å². The zero-order valence-electron chi connectivity index (χ0n) is 12.3. The van der Waals surface area contributed by atoms with E-state index in [-0.39, 0.29) is 11.9 Å². The van der Waals surface area contributed by atoms with Crippen LogP contribution in [-0.4, -0.2) is 29.4 Å². The number of nitrogens with zero attached hydrogens (tertiary/aromatic N) is 1. The highest BCUT2D eigenvalue weighted by atomic mass is 16.2. The summed E-state index contributed by atoms with van der Waals surface area (Å²) in [5.41, 5.74) is 6.14. The van der Waals surface area contributed by atoms with Crippen molar-refractivity contribution in [3.8, 4) is 0 Å². The number of rotatable bonds is 3. The quantitative estimate of drug-likeness (QED) is 0.851. The Morgan fingerprint density at radius 3 is 2.26 bits per heavy atom. The van der Waals surface area contributed by atoms with Gasteiger partial charge in [-0.2, -0.15) is 0 Å². The smallest absolute Gasteiger partial charge is 0.239 e. The summed E-state index contributed by atoms with van der Waals surface area (Å²) in [6.45, 7) is 5.27. The standard InChI is InChI=1S/C16H28N2O/c1-10(2)3-15(17)16(19)18-9-13-5-11-4-12(6-13)8-14(18)7-11/h10-15H,3-9,17H2,1-2H3/t11?,12?,13?,14?,15-/m0/s1. The predicted octanol–water partition coefficient (Wildman–Crippen LogP) is 2.40. The van der Waals surface area contributed by atoms with Gasteiger partial charge < -0.3 is 10.6 Å². The van der Waals surface area contributed by atoms with Crippen LogP contribution in [-0.2, 0) is 4.79 Å². The Morgan fingerprint density at radius 1 is 1.11 bits per heavy atom. The molecule has 4 bridgehead atoms. The molecule has 0 spiro atoms. The van der Waals surface area contributed by atoms with Crippen molar-refractivity contribution in [2.75, 3.05) is 6.54 Å². The Bertz CT molecular complexity index is 341. The van der Waals surface area contributed by atoms with Crippen molar-refractivity contribution in [1.29, 1.82) is 0 Å². The fourth-order valence-corrected chi connectivity index (χ4v) is 4.88. The van der Waals surface area contributed by atoms with Crippen molar-refractivity contribution < 1.29 is 4.79 Å². The molecule has 2 saturated heterocycles. The summed E-state index contributed by atoms with van der Waals surface area (Å²) in [4.78, 5) is 14.8. The summed E-state index contributed by atoms with van der Waals surface area (Å²) in [6, 6.07) is 0.220. The lowest BCUT2D eigenvalue weighted by Gasteiger charge is -2.39. The maximum absolute atomic E-state index is 12.7. The molecule has 1 amide bonds. The second-order valence-corrected chi connectivity index (χ2v) is 7.66. The van der Waals surface area contributed by atoms with Crippen LogP contribution in [0.3, 0.4) is 0 Å². The van der Waals surface area contributed by atoms with E-state index in [0.29, 0.717) is 12.0 Å². The molecule has 3 heteroatoms. The first-order chi connectivity index (χ1) is 9.02. The van der Waals surface area contributed by atoms with Crippen LogP contribution in [0.1, 0.15) is 52.4 Å². The van der Waals surface area contributed by atoms with E-state index in [2.05, 4.69) is 18.7 Å². The highest BCUT2D eigenvalue weighted by Crippen LogP contribution is 2.47. The highest BCUT2D eigenvalue weighted by Gasteiger charge is 2.44. The molecule has 0 radical (unpaired) electrons. The number of hydrogen-bond acceptors (Lipinski definition) is 2. The Hall–Kier alpha value is -0.570. The van der Waals surface area contributed by atoms with Gasteiger partial charge in [0.15, 0.2) is 0 Å². The fraction of sp³-hybridized carbons (Fsp3) is 0.938. The monoisotopic (exact) mass is 264 g/mol. The molecular weight excluding hydrogens is 236 g/mol. The molecule has 2 aliphatic heterocycles. The molecule has 4 rings (SSSR count). The molecular formula is C16H28N2O. The molecule has 108 valence electrons. The summed E-state index contributed by atoms with van der Waals surface area (Å²) in [6.07, 6.45) is 7.44. The molecule has 2 saturated carbocycles. The third-order valence-corrected chi connectivity index (χ3v) is 5.43. The second kappa shape index (κ2) is 5.08. The van der Waals surface area contributed by atoms with Crippen molar-refractivity contribution in [1.82, 2.24) is 4.90 Å². The molecule has 2 N–H and O–H groups in total. The number of carbonyl (C=O) groups excluding carboxylic acids is 1. The number of nitrogens with two attached hydrogens (primary N) is 1. The van der Waals surface area contributed by atoms with Crippen LogP contribution >= 0.6 is 0 Å². The summed E-state index contributed by atoms with van der Waals surface area (Å²) >= 11 is 0. The SMILES string of the molecule is CC(C)C[C@H](N)C(=O)N1CC2CC3CC(C2)CC1C3. The normalized spacial score (nSPS) is 38.6. The van der Waals surface area contributed by atoms with Gasteiger partial charge in [0.25, 0.3) is 0 Å². The molecule has 19 heavy (non-hydrogen) atoms. The molecule has 0 aromatic heterocycles. The Balaban J connectivity index is 1.72. The number of hydrogen-bond donors (Lipinski definition) is 1. The van der Waals surface area contributed by atoms with Crippen molar-refractivity contribution >= 4 is 5.91 Å². The van der Waals surface area contributed by atoms with Crippen molar-refractivity contribution in [3.05, 3.63) is 0 Å². The van der Waals surface area contributed by atoms with Gasteiger partial charge in [-0.25, -0.2) is 0 Å². The third-order valence-electron chi connectivity index (χ3n) is 5.43. The van der Waals surface area contributed by atoms with Gasteiger partial charge >= 0.3 is 0 Å². The van der Waals surface area contributed by atoms with Gasteiger partial charge in [0.2, 0.25) is 5.91 Å². The summed E-state index contributed by atoms with van der Waals surface area (Å²) in [5, 5.41) is 0. The molecule has 2 heterocycles. The minimum atomic E-state index is -0.282. The molecule has 0 aromatic carbocycles. The van der Waals surface area contributed by atoms with Gasteiger partial charge in [0.05, 0.1) is 6.04 Å². The molecule has 3 atom stereocenters. The van der Waals surface area contributed by atoms with E-state index in [9.17, 15) is 4.79 Å². The van der Waals surface area contributed by atoms with Gasteiger partial charge in [-0.1, -0.05) is 13.8 Å². The Morgan fingerprint density at radius 2 is 1.68 bits per heavy atom. The van der Waals surface area contributed by atoms with E-state index in [1.165, 1.54) is 32.1 Å². The molecule has 2 unspecified atom stereocenters. The fourth-order valence-electron chi connectivity index (χ4n) is 4.88. The van der Waals surface area contributed by atoms with Crippen molar-refractivity contribution in [2.24, 2.45) is 29.4 Å². The summed E-state index contributed by atoms with van der Waals surface area (Å²) < 4.78 is 0. The van der Waals surface area contributed by atoms with Crippen LogP contribution in [0.5, 0.6) is 0 Å². The van der Waals surface area contributed by atoms with Gasteiger partial charge in [-0.3, -0.25) is 4.79 Å². The van der Waals surface area contributed by atoms with Gasteiger partial charge in [-0.15, -0.1) is 0 Å². The van der Waals surface area contributed by atoms with Crippen molar-refractivity contribution in [2.45, 2.75) is 64.5 Å². The molecule has 0 aromatic rings. The van der Waals surface area contributed by atoms with Crippen LogP contribution in [0.15, 0.2) is 0 Å². The average molecular weight is 264 g/mol. The number of carbonyl (C=O) groups is 1. The predicted molar refractivity (Wildman–Crippen MR) is 76.5 cm³/mol. The largest absolute Gasteiger partial charge is 0.338 e. The topological polar surface area (TPSA) is 46.3 Å². The van der Waals surface area contributed by atoms with Crippen LogP contribution in [0, 0.1) is 23.7 Å². The summed E-state index contributed by atoms with van der Waals surface area (Å²) in [7, 11) is 0. The zero-order chi connectivity index (χ0) is 13.6. The lowest BCUT2D eigenvalue weighted by Crippen LogP contribution is -2.49. The van der Waals surface area contributed by atoms with Crippen LogP contribution in [0.25, 0.3) is 0 Å². The number of fused-ring (bicyclic) bond motifs is 1.